The summed E-state index contributed by atoms with van der Waals surface area (Å²) >= 11 is 8.66. The number of methoxy groups -OCH3 is 1. The lowest BCUT2D eigenvalue weighted by Crippen LogP contribution is -2.29. The summed E-state index contributed by atoms with van der Waals surface area (Å²) in [6.45, 7) is 4.67. The molecule has 0 radical (unpaired) electrons. The summed E-state index contributed by atoms with van der Waals surface area (Å²) in [4.78, 5) is 28.8. The number of carbonyl (C=O) groups is 2. The third kappa shape index (κ3) is 7.59. The van der Waals surface area contributed by atoms with E-state index in [2.05, 4.69) is 10.2 Å². The lowest BCUT2D eigenvalue weighted by molar-refractivity contribution is -0.132. The van der Waals surface area contributed by atoms with Crippen LogP contribution in [0, 0.1) is 6.92 Å². The number of rotatable bonds is 12. The van der Waals surface area contributed by atoms with Gasteiger partial charge in [0.1, 0.15) is 18.1 Å². The number of amides is 1. The highest BCUT2D eigenvalue weighted by Gasteiger charge is 2.48. The van der Waals surface area contributed by atoms with E-state index in [9.17, 15) is 14.7 Å². The van der Waals surface area contributed by atoms with Gasteiger partial charge in [-0.1, -0.05) is 82.7 Å². The molecule has 0 bridgehead atoms. The van der Waals surface area contributed by atoms with Crippen molar-refractivity contribution in [1.82, 2.24) is 10.2 Å². The van der Waals surface area contributed by atoms with Crippen LogP contribution >= 0.6 is 34.7 Å². The van der Waals surface area contributed by atoms with E-state index >= 15 is 0 Å². The molecule has 1 N–H and O–H groups in total. The second-order valence-corrected chi connectivity index (χ2v) is 13.7. The molecule has 1 unspecified atom stereocenters. The Kier molecular flexibility index (Phi) is 10.5. The highest BCUT2D eigenvalue weighted by Crippen LogP contribution is 2.45. The van der Waals surface area contributed by atoms with Gasteiger partial charge in [-0.3, -0.25) is 14.5 Å². The van der Waals surface area contributed by atoms with Crippen LogP contribution in [-0.2, 0) is 21.9 Å². The maximum Gasteiger partial charge on any atom is 0.301 e. The smallest absolute Gasteiger partial charge is 0.301 e. The average molecular weight is 714 g/mol. The van der Waals surface area contributed by atoms with Crippen molar-refractivity contribution in [1.29, 1.82) is 0 Å². The Morgan fingerprint density at radius 2 is 1.71 bits per heavy atom. The van der Waals surface area contributed by atoms with Gasteiger partial charge in [-0.05, 0) is 79.1 Å². The number of ether oxygens (including phenoxy) is 3. The maximum absolute atomic E-state index is 13.8. The number of benzene rings is 4. The SMILES string of the molecule is CCOc1ccc(C2/C(=C(\O)c3ccc(OCc4cccc(C)c4)cc3)C(=O)C(=O)N2c2nnc(SCc3ccc(Cl)cc3)s2)cc1OC. The number of aliphatic hydroxyl groups is 1. The minimum Gasteiger partial charge on any atom is -0.507 e. The zero-order valence-electron chi connectivity index (χ0n) is 26.9. The van der Waals surface area contributed by atoms with Crippen molar-refractivity contribution in [3.8, 4) is 17.2 Å². The second kappa shape index (κ2) is 15.1. The first-order chi connectivity index (χ1) is 23.7. The standard InChI is InChI=1S/C37H32ClN3O6S2/c1-4-46-29-17-12-26(19-30(29)45-3)32-31(33(42)25-10-15-28(16-11-25)47-20-24-7-5-6-22(2)18-24)34(43)35(44)41(32)36-39-40-37(49-36)48-21-23-8-13-27(38)14-9-23/h5-19,32,42H,4,20-21H2,1-3H3/b33-31+. The van der Waals surface area contributed by atoms with Crippen molar-refractivity contribution in [2.75, 3.05) is 18.6 Å². The normalized spacial score (nSPS) is 15.4. The fourth-order valence-electron chi connectivity index (χ4n) is 5.39. The van der Waals surface area contributed by atoms with Crippen LogP contribution in [-0.4, -0.2) is 40.7 Å². The molecule has 2 heterocycles. The van der Waals surface area contributed by atoms with Crippen LogP contribution < -0.4 is 19.1 Å². The average Bonchev–Trinajstić information content (AvgIpc) is 3.68. The van der Waals surface area contributed by atoms with Gasteiger partial charge in [-0.2, -0.15) is 0 Å². The van der Waals surface area contributed by atoms with Gasteiger partial charge in [0.05, 0.1) is 25.3 Å². The van der Waals surface area contributed by atoms with Gasteiger partial charge >= 0.3 is 5.91 Å². The van der Waals surface area contributed by atoms with E-state index in [1.807, 2.05) is 62.4 Å². The highest BCUT2D eigenvalue weighted by molar-refractivity contribution is 8.00. The summed E-state index contributed by atoms with van der Waals surface area (Å²) in [5.74, 6) is 0.105. The molecule has 0 aliphatic carbocycles. The van der Waals surface area contributed by atoms with Crippen molar-refractivity contribution in [3.63, 3.8) is 0 Å². The molecule has 0 saturated carbocycles. The first kappa shape index (κ1) is 34.0. The van der Waals surface area contributed by atoms with Gasteiger partial charge in [0.25, 0.3) is 5.78 Å². The number of aromatic nitrogens is 2. The topological polar surface area (TPSA) is 111 Å². The van der Waals surface area contributed by atoms with Gasteiger partial charge in [0.2, 0.25) is 5.13 Å². The Morgan fingerprint density at radius 1 is 0.939 bits per heavy atom. The van der Waals surface area contributed by atoms with Crippen molar-refractivity contribution in [3.05, 3.63) is 129 Å². The molecule has 49 heavy (non-hydrogen) atoms. The van der Waals surface area contributed by atoms with E-state index in [0.29, 0.717) is 56.7 Å². The second-order valence-electron chi connectivity index (χ2n) is 11.1. The molecule has 1 fully saturated rings. The Balaban J connectivity index is 1.34. The van der Waals surface area contributed by atoms with Gasteiger partial charge in [0, 0.05) is 16.3 Å². The maximum atomic E-state index is 13.8. The molecule has 250 valence electrons. The Bertz CT molecular complexity index is 2010. The van der Waals surface area contributed by atoms with Crippen molar-refractivity contribution >= 4 is 57.3 Å². The molecule has 1 aliphatic rings. The third-order valence-electron chi connectivity index (χ3n) is 7.74. The monoisotopic (exact) mass is 713 g/mol. The summed E-state index contributed by atoms with van der Waals surface area (Å²) in [6, 6.07) is 26.4. The molecule has 1 amide bonds. The Labute approximate surface area is 297 Å². The summed E-state index contributed by atoms with van der Waals surface area (Å²) in [5, 5.41) is 21.1. The van der Waals surface area contributed by atoms with E-state index in [1.54, 1.807) is 42.5 Å². The van der Waals surface area contributed by atoms with Gasteiger partial charge in [-0.15, -0.1) is 10.2 Å². The minimum atomic E-state index is -1.02. The number of thioether (sulfide) groups is 1. The predicted octanol–water partition coefficient (Wildman–Crippen LogP) is 8.40. The number of Topliss-reactive ketones (excluding diaryl/α,β-unsaturated/α-hetero) is 1. The lowest BCUT2D eigenvalue weighted by atomic mass is 9.95. The summed E-state index contributed by atoms with van der Waals surface area (Å²) in [6.07, 6.45) is 0. The molecule has 1 aliphatic heterocycles. The number of anilines is 1. The molecule has 1 aromatic heterocycles. The van der Waals surface area contributed by atoms with Crippen LogP contribution in [0.5, 0.6) is 17.2 Å². The fraction of sp³-hybridized carbons (Fsp3) is 0.189. The first-order valence-corrected chi connectivity index (χ1v) is 17.5. The van der Waals surface area contributed by atoms with E-state index in [0.717, 1.165) is 16.7 Å². The summed E-state index contributed by atoms with van der Waals surface area (Å²) < 4.78 is 17.9. The zero-order chi connectivity index (χ0) is 34.5. The fourth-order valence-corrected chi connectivity index (χ4v) is 7.34. The molecule has 12 heteroatoms. The number of nitrogens with zero attached hydrogens (tertiary/aromatic N) is 3. The van der Waals surface area contributed by atoms with E-state index in [-0.39, 0.29) is 16.5 Å². The summed E-state index contributed by atoms with van der Waals surface area (Å²) in [5.41, 5.74) is 3.99. The Hall–Kier alpha value is -4.84. The van der Waals surface area contributed by atoms with Crippen LogP contribution in [0.2, 0.25) is 5.02 Å². The number of aliphatic hydroxyl groups excluding tert-OH is 1. The molecule has 5 aromatic rings. The Morgan fingerprint density at radius 3 is 2.43 bits per heavy atom. The van der Waals surface area contributed by atoms with Crippen LogP contribution in [0.25, 0.3) is 5.76 Å². The van der Waals surface area contributed by atoms with Crippen molar-refractivity contribution < 1.29 is 28.9 Å². The number of hydrogen-bond acceptors (Lipinski definition) is 10. The van der Waals surface area contributed by atoms with Crippen LogP contribution in [0.3, 0.4) is 0 Å². The van der Waals surface area contributed by atoms with Crippen molar-refractivity contribution in [2.45, 2.75) is 36.6 Å². The molecule has 6 rings (SSSR count). The number of halogens is 1. The molecule has 1 saturated heterocycles. The third-order valence-corrected chi connectivity index (χ3v) is 10.1. The van der Waals surface area contributed by atoms with Crippen LogP contribution in [0.1, 0.15) is 40.8 Å². The van der Waals surface area contributed by atoms with Crippen LogP contribution in [0.4, 0.5) is 5.13 Å². The van der Waals surface area contributed by atoms with Gasteiger partial charge in [0.15, 0.2) is 15.8 Å². The zero-order valence-corrected chi connectivity index (χ0v) is 29.3. The predicted molar refractivity (Wildman–Crippen MR) is 192 cm³/mol. The molecule has 9 nitrogen and oxygen atoms in total. The molecular weight excluding hydrogens is 682 g/mol. The number of hydrogen-bond donors (Lipinski definition) is 1. The molecule has 1 atom stereocenters. The number of aryl methyl sites for hydroxylation is 1. The van der Waals surface area contributed by atoms with Gasteiger partial charge < -0.3 is 19.3 Å². The van der Waals surface area contributed by atoms with Crippen molar-refractivity contribution in [2.24, 2.45) is 0 Å². The lowest BCUT2D eigenvalue weighted by Gasteiger charge is -2.23. The van der Waals surface area contributed by atoms with E-state index in [4.69, 9.17) is 25.8 Å². The van der Waals surface area contributed by atoms with E-state index < -0.39 is 17.7 Å². The minimum absolute atomic E-state index is 0.0878. The van der Waals surface area contributed by atoms with Gasteiger partial charge in [-0.25, -0.2) is 0 Å². The molecular formula is C37H32ClN3O6S2. The largest absolute Gasteiger partial charge is 0.507 e. The number of carbonyl (C=O) groups excluding carboxylic acids is 2. The quantitative estimate of drug-likeness (QED) is 0.0448. The highest BCUT2D eigenvalue weighted by atomic mass is 35.5. The number of ketones is 1. The molecule has 4 aromatic carbocycles. The summed E-state index contributed by atoms with van der Waals surface area (Å²) in [7, 11) is 1.51. The first-order valence-electron chi connectivity index (χ1n) is 15.4. The van der Waals surface area contributed by atoms with Crippen LogP contribution in [0.15, 0.2) is 101 Å². The molecule has 0 spiro atoms. The van der Waals surface area contributed by atoms with E-state index in [1.165, 1.54) is 35.1 Å².